The molecule has 0 atom stereocenters. The molecule has 17 heavy (non-hydrogen) atoms. The van der Waals surface area contributed by atoms with Gasteiger partial charge in [-0.3, -0.25) is 9.20 Å². The summed E-state index contributed by atoms with van der Waals surface area (Å²) in [6.07, 6.45) is 7.52. The van der Waals surface area contributed by atoms with Gasteiger partial charge in [0.05, 0.1) is 12.1 Å². The smallest absolute Gasteiger partial charge is 0.193 e. The Morgan fingerprint density at radius 2 is 2.47 bits per heavy atom. The van der Waals surface area contributed by atoms with Crippen molar-refractivity contribution in [3.05, 3.63) is 23.5 Å². The van der Waals surface area contributed by atoms with Crippen LogP contribution in [0.5, 0.6) is 0 Å². The van der Waals surface area contributed by atoms with Crippen LogP contribution in [0.4, 0.5) is 0 Å². The predicted octanol–water partition coefficient (Wildman–Crippen LogP) is 1.65. The van der Waals surface area contributed by atoms with Crippen LogP contribution in [0.3, 0.4) is 0 Å². The summed E-state index contributed by atoms with van der Waals surface area (Å²) in [4.78, 5) is 17.1. The number of nitrogens with zero attached hydrogens (tertiary/aromatic N) is 2. The van der Waals surface area contributed by atoms with E-state index in [-0.39, 0.29) is 5.78 Å². The Morgan fingerprint density at radius 1 is 1.59 bits per heavy atom. The van der Waals surface area contributed by atoms with Crippen molar-refractivity contribution >= 4 is 22.1 Å². The van der Waals surface area contributed by atoms with Gasteiger partial charge in [0.1, 0.15) is 5.78 Å². The molecule has 0 unspecified atom stereocenters. The fourth-order valence-corrected chi connectivity index (χ4v) is 2.57. The topological polar surface area (TPSA) is 46.4 Å². The zero-order valence-electron chi connectivity index (χ0n) is 9.56. The van der Waals surface area contributed by atoms with Crippen LogP contribution >= 0.6 is 11.3 Å². The molecule has 0 saturated heterocycles. The highest BCUT2D eigenvalue weighted by Crippen LogP contribution is 2.18. The van der Waals surface area contributed by atoms with Crippen molar-refractivity contribution in [2.45, 2.75) is 31.7 Å². The molecular formula is C12H15N3OS. The van der Waals surface area contributed by atoms with E-state index in [1.54, 1.807) is 11.3 Å². The number of carbonyl (C=O) groups excluding carboxylic acids is 1. The summed E-state index contributed by atoms with van der Waals surface area (Å²) in [6, 6.07) is 0.681. The maximum absolute atomic E-state index is 11.7. The molecule has 0 aliphatic heterocycles. The SMILES string of the molecule is O=C(CCNC1CC1)Cc1cn2ccsc2n1. The van der Waals surface area contributed by atoms with Crippen molar-refractivity contribution in [3.63, 3.8) is 0 Å². The molecule has 1 aliphatic carbocycles. The Labute approximate surface area is 104 Å². The van der Waals surface area contributed by atoms with E-state index >= 15 is 0 Å². The fourth-order valence-electron chi connectivity index (χ4n) is 1.85. The van der Waals surface area contributed by atoms with Gasteiger partial charge >= 0.3 is 0 Å². The van der Waals surface area contributed by atoms with Gasteiger partial charge in [-0.05, 0) is 12.8 Å². The number of imidazole rings is 1. The maximum Gasteiger partial charge on any atom is 0.193 e. The second-order valence-corrected chi connectivity index (χ2v) is 5.39. The van der Waals surface area contributed by atoms with Crippen molar-refractivity contribution in [1.29, 1.82) is 0 Å². The van der Waals surface area contributed by atoms with Crippen molar-refractivity contribution in [2.75, 3.05) is 6.54 Å². The molecule has 0 spiro atoms. The number of hydrogen-bond acceptors (Lipinski definition) is 4. The van der Waals surface area contributed by atoms with Crippen molar-refractivity contribution in [1.82, 2.24) is 14.7 Å². The molecule has 1 aliphatic rings. The summed E-state index contributed by atoms with van der Waals surface area (Å²) < 4.78 is 1.97. The number of ketones is 1. The molecule has 3 rings (SSSR count). The first-order valence-electron chi connectivity index (χ1n) is 5.97. The zero-order valence-corrected chi connectivity index (χ0v) is 10.4. The minimum absolute atomic E-state index is 0.268. The number of rotatable bonds is 6. The van der Waals surface area contributed by atoms with Gasteiger partial charge in [-0.1, -0.05) is 0 Å². The number of fused-ring (bicyclic) bond motifs is 1. The highest BCUT2D eigenvalue weighted by molar-refractivity contribution is 7.15. The molecule has 4 nitrogen and oxygen atoms in total. The first-order valence-corrected chi connectivity index (χ1v) is 6.85. The highest BCUT2D eigenvalue weighted by Gasteiger charge is 2.20. The zero-order chi connectivity index (χ0) is 11.7. The number of Topliss-reactive ketones (excluding diaryl/α,β-unsaturated/α-hetero) is 1. The minimum Gasteiger partial charge on any atom is -0.314 e. The van der Waals surface area contributed by atoms with Crippen LogP contribution in [0.1, 0.15) is 25.0 Å². The quantitative estimate of drug-likeness (QED) is 0.846. The molecule has 1 N–H and O–H groups in total. The minimum atomic E-state index is 0.268. The molecule has 2 aromatic rings. The van der Waals surface area contributed by atoms with Crippen LogP contribution in [0.2, 0.25) is 0 Å². The van der Waals surface area contributed by atoms with E-state index < -0.39 is 0 Å². The van der Waals surface area contributed by atoms with Crippen molar-refractivity contribution < 1.29 is 4.79 Å². The molecule has 2 heterocycles. The number of carbonyl (C=O) groups is 1. The lowest BCUT2D eigenvalue weighted by Crippen LogP contribution is -2.20. The van der Waals surface area contributed by atoms with Crippen LogP contribution in [-0.4, -0.2) is 27.8 Å². The Morgan fingerprint density at radius 3 is 3.24 bits per heavy atom. The van der Waals surface area contributed by atoms with E-state index in [4.69, 9.17) is 0 Å². The Balaban J connectivity index is 1.51. The van der Waals surface area contributed by atoms with Gasteiger partial charge in [-0.25, -0.2) is 4.98 Å². The number of hydrogen-bond donors (Lipinski definition) is 1. The molecule has 0 radical (unpaired) electrons. The van der Waals surface area contributed by atoms with E-state index in [2.05, 4.69) is 10.3 Å². The maximum atomic E-state index is 11.7. The molecule has 0 amide bonds. The third-order valence-corrected chi connectivity index (χ3v) is 3.71. The molecule has 2 aromatic heterocycles. The van der Waals surface area contributed by atoms with Gasteiger partial charge in [-0.15, -0.1) is 11.3 Å². The summed E-state index contributed by atoms with van der Waals surface area (Å²) in [5.41, 5.74) is 0.883. The van der Waals surface area contributed by atoms with E-state index in [0.29, 0.717) is 18.9 Å². The van der Waals surface area contributed by atoms with Crippen molar-refractivity contribution in [2.24, 2.45) is 0 Å². The monoisotopic (exact) mass is 249 g/mol. The second-order valence-electron chi connectivity index (χ2n) is 4.52. The Kier molecular flexibility index (Phi) is 2.94. The molecule has 5 heteroatoms. The van der Waals surface area contributed by atoms with Gasteiger partial charge in [0, 0.05) is 36.8 Å². The Hall–Kier alpha value is -1.20. The summed E-state index contributed by atoms with van der Waals surface area (Å²) in [5, 5.41) is 5.34. The normalized spacial score (nSPS) is 15.5. The van der Waals surface area contributed by atoms with Gasteiger partial charge in [0.2, 0.25) is 0 Å². The average Bonchev–Trinajstić information content (AvgIpc) is 2.87. The standard InChI is InChI=1S/C12H15N3OS/c16-11(3-4-13-9-1-2-9)7-10-8-15-5-6-17-12(15)14-10/h5-6,8-9,13H,1-4,7H2. The summed E-state index contributed by atoms with van der Waals surface area (Å²) >= 11 is 1.59. The van der Waals surface area contributed by atoms with Crippen LogP contribution < -0.4 is 5.32 Å². The van der Waals surface area contributed by atoms with Gasteiger partial charge < -0.3 is 5.32 Å². The molecule has 90 valence electrons. The van der Waals surface area contributed by atoms with Gasteiger partial charge in [0.15, 0.2) is 4.96 Å². The molecule has 1 fully saturated rings. The fraction of sp³-hybridized carbons (Fsp3) is 0.500. The van der Waals surface area contributed by atoms with Crippen LogP contribution in [0, 0.1) is 0 Å². The van der Waals surface area contributed by atoms with Gasteiger partial charge in [-0.2, -0.15) is 0 Å². The number of thiazole rings is 1. The summed E-state index contributed by atoms with van der Waals surface area (Å²) in [7, 11) is 0. The number of aromatic nitrogens is 2. The largest absolute Gasteiger partial charge is 0.314 e. The molecular weight excluding hydrogens is 234 g/mol. The van der Waals surface area contributed by atoms with E-state index in [1.807, 2.05) is 22.2 Å². The third-order valence-electron chi connectivity index (χ3n) is 2.94. The summed E-state index contributed by atoms with van der Waals surface area (Å²) in [5.74, 6) is 0.268. The lowest BCUT2D eigenvalue weighted by molar-refractivity contribution is -0.118. The van der Waals surface area contributed by atoms with Crippen molar-refractivity contribution in [3.8, 4) is 0 Å². The lowest BCUT2D eigenvalue weighted by atomic mass is 10.2. The molecule has 1 saturated carbocycles. The highest BCUT2D eigenvalue weighted by atomic mass is 32.1. The lowest BCUT2D eigenvalue weighted by Gasteiger charge is -2.00. The first-order chi connectivity index (χ1) is 8.31. The average molecular weight is 249 g/mol. The van der Waals surface area contributed by atoms with E-state index in [9.17, 15) is 4.79 Å². The molecule has 0 aromatic carbocycles. The Bertz CT molecular complexity index is 498. The van der Waals surface area contributed by atoms with E-state index in [0.717, 1.165) is 17.2 Å². The number of nitrogens with one attached hydrogen (secondary N) is 1. The molecule has 0 bridgehead atoms. The first kappa shape index (κ1) is 10.9. The van der Waals surface area contributed by atoms with E-state index in [1.165, 1.54) is 12.8 Å². The second kappa shape index (κ2) is 4.58. The third kappa shape index (κ3) is 2.73. The van der Waals surface area contributed by atoms with Crippen LogP contribution in [0.15, 0.2) is 17.8 Å². The summed E-state index contributed by atoms with van der Waals surface area (Å²) in [6.45, 7) is 0.811. The predicted molar refractivity (Wildman–Crippen MR) is 67.4 cm³/mol. The van der Waals surface area contributed by atoms with Crippen LogP contribution in [0.25, 0.3) is 4.96 Å². The van der Waals surface area contributed by atoms with Crippen LogP contribution in [-0.2, 0) is 11.2 Å². The van der Waals surface area contributed by atoms with Gasteiger partial charge in [0.25, 0.3) is 0 Å².